The molecule has 6 rings (SSSR count). The van der Waals surface area contributed by atoms with E-state index in [4.69, 9.17) is 35.9 Å². The van der Waals surface area contributed by atoms with E-state index < -0.39 is 55.7 Å². The first kappa shape index (κ1) is 65.4. The van der Waals surface area contributed by atoms with Gasteiger partial charge in [-0.15, -0.1) is 0 Å². The lowest BCUT2D eigenvalue weighted by atomic mass is 10.1. The third kappa shape index (κ3) is 28.7. The van der Waals surface area contributed by atoms with Gasteiger partial charge in [-0.2, -0.15) is 0 Å². The molecule has 0 saturated carbocycles. The summed E-state index contributed by atoms with van der Waals surface area (Å²) in [6, 6.07) is 6.87. The monoisotopic (exact) mass is 1000 g/mol. The highest BCUT2D eigenvalue weighted by Gasteiger charge is 2.18. The number of hydrogen-bond acceptors (Lipinski definition) is 21. The fraction of sp³-hybridized carbons (Fsp3) is 0.357. The van der Waals surface area contributed by atoms with E-state index in [2.05, 4.69) is 24.8 Å². The number of rotatable bonds is 2. The predicted molar refractivity (Wildman–Crippen MR) is 250 cm³/mol. The van der Waals surface area contributed by atoms with Crippen LogP contribution in [0.25, 0.3) is 0 Å². The van der Waals surface area contributed by atoms with Crippen molar-refractivity contribution >= 4 is 39.4 Å². The van der Waals surface area contributed by atoms with Gasteiger partial charge >= 0.3 is 5.97 Å². The molecule has 1 aromatic heterocycles. The van der Waals surface area contributed by atoms with Gasteiger partial charge in [0.25, 0.3) is 22.2 Å². The molecule has 0 radical (unpaired) electrons. The molecule has 3 amide bonds. The number of aromatic nitrogens is 1. The molecule has 0 bridgehead atoms. The summed E-state index contributed by atoms with van der Waals surface area (Å²) in [4.78, 5) is 91.7. The van der Waals surface area contributed by atoms with Crippen LogP contribution in [-0.4, -0.2) is 130 Å². The van der Waals surface area contributed by atoms with Crippen LogP contribution >= 0.6 is 0 Å². The third-order valence-electron chi connectivity index (χ3n) is 7.66. The standard InChI is InChI=1S/C8H10O.C6H7NO2.C5H5NO3.C5H7NO.C5H6O4.C5H4O3.2C3H7NO2.C2H7NO2S/c1-6-3-4-8(9)7(2)5-6;1-7-3-2-5(8)6(9)4-7;1-6-2-3(7)5(9)4(2)8;1-4-2-5(7)6-3-4;1-3-8-4(6)2-5(7)9-3;1-2-3(6)5(8)4(2)7;2*1-3(5)4(2)6;1-3-6(2,4)5/h3-5,9H,1-2H3;2-4,9H,1H3;6-7H,1H3;2H,3H2,1H3,(H,6,7);2-3,6H,1H3;6H,1H3;2*6H,1-2H3;3H,1-2H3. The van der Waals surface area contributed by atoms with Crippen molar-refractivity contribution in [2.45, 2.75) is 54.8 Å². The number of nitrogens with zero attached hydrogens (tertiary/aromatic N) is 3. The first-order chi connectivity index (χ1) is 31.5. The van der Waals surface area contributed by atoms with Gasteiger partial charge in [0.1, 0.15) is 17.5 Å². The minimum atomic E-state index is -2.91. The molecule has 26 nitrogen and oxygen atoms in total. The average molecular weight is 1000 g/mol. The minimum absolute atomic E-state index is 0.0139. The number of cyclic esters (lactones) is 1. The second-order valence-corrected chi connectivity index (χ2v) is 15.7. The van der Waals surface area contributed by atoms with Crippen LogP contribution in [0.3, 0.4) is 0 Å². The molecular formula is C42H60N6O20S. The molecule has 4 aromatic rings. The van der Waals surface area contributed by atoms with Gasteiger partial charge in [0.05, 0.1) is 6.26 Å². The van der Waals surface area contributed by atoms with Crippen molar-refractivity contribution in [1.29, 1.82) is 0 Å². The summed E-state index contributed by atoms with van der Waals surface area (Å²) in [5.74, 6) is -2.30. The number of aliphatic hydroxyl groups is 1. The second-order valence-electron chi connectivity index (χ2n) is 13.8. The van der Waals surface area contributed by atoms with E-state index in [0.29, 0.717) is 15.9 Å². The molecule has 10 N–H and O–H groups in total. The Labute approximate surface area is 395 Å². The van der Waals surface area contributed by atoms with Crippen molar-refractivity contribution in [2.75, 3.05) is 46.3 Å². The molecule has 3 aromatic carbocycles. The number of hydrogen-bond donors (Lipinski definition) is 10. The van der Waals surface area contributed by atoms with Crippen molar-refractivity contribution < 1.29 is 73.0 Å². The van der Waals surface area contributed by atoms with Gasteiger partial charge in [0.2, 0.25) is 44.9 Å². The lowest BCUT2D eigenvalue weighted by molar-refractivity contribution is -0.177. The van der Waals surface area contributed by atoms with Crippen molar-refractivity contribution in [3.63, 3.8) is 0 Å². The van der Waals surface area contributed by atoms with Crippen LogP contribution in [0.5, 0.6) is 23.0 Å². The quantitative estimate of drug-likeness (QED) is 0.0532. The first-order valence-corrected chi connectivity index (χ1v) is 21.2. The number of ether oxygens (including phenoxy) is 2. The number of aromatic hydroxyl groups is 4. The largest absolute Gasteiger partial charge is 0.508 e. The number of nitrogens with one attached hydrogen (secondary N) is 3. The van der Waals surface area contributed by atoms with Gasteiger partial charge in [-0.25, -0.2) is 28.1 Å². The zero-order chi connectivity index (χ0) is 54.7. The molecule has 0 spiro atoms. The van der Waals surface area contributed by atoms with Gasteiger partial charge in [0.15, 0.2) is 17.2 Å². The number of pyridine rings is 1. The van der Waals surface area contributed by atoms with Crippen LogP contribution in [0, 0.1) is 20.8 Å². The highest BCUT2D eigenvalue weighted by Crippen LogP contribution is 2.16. The third-order valence-corrected chi connectivity index (χ3v) is 8.40. The highest BCUT2D eigenvalue weighted by atomic mass is 32.2. The molecule has 27 heteroatoms. The van der Waals surface area contributed by atoms with Crippen LogP contribution in [0.2, 0.25) is 0 Å². The summed E-state index contributed by atoms with van der Waals surface area (Å²) in [5.41, 5.74) is 0.313. The van der Waals surface area contributed by atoms with Crippen molar-refractivity contribution in [3.05, 3.63) is 128 Å². The van der Waals surface area contributed by atoms with Crippen LogP contribution in [0.15, 0.2) is 84.3 Å². The van der Waals surface area contributed by atoms with Crippen molar-refractivity contribution in [2.24, 2.45) is 7.05 Å². The zero-order valence-corrected chi connectivity index (χ0v) is 40.9. The Bertz CT molecular complexity index is 2660. The van der Waals surface area contributed by atoms with E-state index in [1.165, 1.54) is 73.7 Å². The molecular weight excluding hydrogens is 941 g/mol. The molecule has 1 unspecified atom stereocenters. The van der Waals surface area contributed by atoms with Gasteiger partial charge in [0, 0.05) is 85.6 Å². The average Bonchev–Trinajstić information content (AvgIpc) is 3.65. The Balaban J connectivity index is -0.000000714. The Kier molecular flexibility index (Phi) is 30.3. The fourth-order valence-corrected chi connectivity index (χ4v) is 3.56. The van der Waals surface area contributed by atoms with Gasteiger partial charge in [-0.05, 0) is 51.9 Å². The van der Waals surface area contributed by atoms with Gasteiger partial charge in [-0.1, -0.05) is 17.7 Å². The summed E-state index contributed by atoms with van der Waals surface area (Å²) < 4.78 is 32.5. The fourth-order valence-electron chi connectivity index (χ4n) is 3.56. The summed E-state index contributed by atoms with van der Waals surface area (Å²) >= 11 is 0. The summed E-state index contributed by atoms with van der Waals surface area (Å²) in [6.07, 6.45) is 5.86. The van der Waals surface area contributed by atoms with E-state index in [0.717, 1.165) is 30.0 Å². The Morgan fingerprint density at radius 3 is 1.48 bits per heavy atom. The number of esters is 1. The summed E-state index contributed by atoms with van der Waals surface area (Å²) in [6.45, 7) is 12.0. The molecule has 1 atom stereocenters. The van der Waals surface area contributed by atoms with E-state index in [9.17, 15) is 51.6 Å². The number of phenolic OH excluding ortho intramolecular Hbond substituents is 1. The van der Waals surface area contributed by atoms with Crippen LogP contribution < -0.4 is 42.5 Å². The number of hydroxylamine groups is 4. The normalized spacial score (nSPS) is 12.7. The topological polar surface area (TPSA) is 395 Å². The highest BCUT2D eigenvalue weighted by molar-refractivity contribution is 7.88. The Morgan fingerprint density at radius 1 is 0.768 bits per heavy atom. The molecule has 0 saturated heterocycles. The lowest BCUT2D eigenvalue weighted by Gasteiger charge is -2.16. The number of aryl methyl sites for hydroxylation is 3. The van der Waals surface area contributed by atoms with E-state index in [1.54, 1.807) is 30.0 Å². The molecule has 0 fully saturated rings. The SMILES string of the molecule is CC(=O)N(C)O.CC(=O)N(C)O.CC1=CC(=O)NC1.CC1OC(=O)C=C(O)O1.CNS(C)(=O)=O.CNc1c(O)c(=O)c1=O.Cc1c(O)c(=O)c1=O.Cc1ccc(O)c(C)c1.Cn1ccc(=O)c(O)c1. The van der Waals surface area contributed by atoms with Crippen molar-refractivity contribution in [3.8, 4) is 23.0 Å². The van der Waals surface area contributed by atoms with E-state index >= 15 is 0 Å². The van der Waals surface area contributed by atoms with Gasteiger partial charge in [-0.3, -0.25) is 48.8 Å². The number of amides is 3. The number of anilines is 1. The molecule has 0 aliphatic carbocycles. The lowest BCUT2D eigenvalue weighted by Crippen LogP contribution is -2.32. The number of benzene rings is 1. The molecule has 2 aliphatic rings. The van der Waals surface area contributed by atoms with E-state index in [-0.39, 0.29) is 45.9 Å². The first-order valence-electron chi connectivity index (χ1n) is 19.3. The molecule has 69 heavy (non-hydrogen) atoms. The number of sulfonamides is 1. The van der Waals surface area contributed by atoms with Crippen LogP contribution in [0.1, 0.15) is 44.4 Å². The molecule has 2 aliphatic heterocycles. The maximum Gasteiger partial charge on any atom is 0.341 e. The maximum atomic E-state index is 10.5. The van der Waals surface area contributed by atoms with Gasteiger partial charge < -0.3 is 50.2 Å². The van der Waals surface area contributed by atoms with Crippen LogP contribution in [-0.2, 0) is 45.7 Å². The number of phenols is 1. The number of aliphatic hydroxyl groups excluding tert-OH is 1. The van der Waals surface area contributed by atoms with Crippen LogP contribution in [0.4, 0.5) is 5.69 Å². The van der Waals surface area contributed by atoms with E-state index in [1.807, 2.05) is 32.9 Å². The molecule has 3 heterocycles. The Hall–Kier alpha value is -7.88. The zero-order valence-electron chi connectivity index (χ0n) is 40.1. The number of carbonyl (C=O) groups is 4. The Morgan fingerprint density at radius 2 is 1.25 bits per heavy atom. The number of carbonyl (C=O) groups excluding carboxylic acids is 4. The summed E-state index contributed by atoms with van der Waals surface area (Å²) in [7, 11) is 4.22. The summed E-state index contributed by atoms with van der Waals surface area (Å²) in [5, 5.41) is 65.8. The predicted octanol–water partition coefficient (Wildman–Crippen LogP) is -0.333. The maximum absolute atomic E-state index is 10.5. The minimum Gasteiger partial charge on any atom is -0.508 e. The molecule has 384 valence electrons. The smallest absolute Gasteiger partial charge is 0.341 e. The van der Waals surface area contributed by atoms with Crippen molar-refractivity contribution in [1.82, 2.24) is 24.7 Å². The second kappa shape index (κ2) is 31.9.